The van der Waals surface area contributed by atoms with Gasteiger partial charge in [-0.25, -0.2) is 0 Å². The fourth-order valence-corrected chi connectivity index (χ4v) is 2.90. The van der Waals surface area contributed by atoms with Crippen LogP contribution >= 0.6 is 0 Å². The molecule has 2 aliphatic rings. The number of hydrogen-bond acceptors (Lipinski definition) is 3. The largest absolute Gasteiger partial charge is 0.481 e. The summed E-state index contributed by atoms with van der Waals surface area (Å²) in [7, 11) is 0. The van der Waals surface area contributed by atoms with Crippen molar-refractivity contribution in [1.29, 1.82) is 0 Å². The Kier molecular flexibility index (Phi) is 3.66. The fourth-order valence-electron chi connectivity index (χ4n) is 2.90. The van der Waals surface area contributed by atoms with Crippen LogP contribution in [-0.4, -0.2) is 46.2 Å². The van der Waals surface area contributed by atoms with Crippen LogP contribution < -0.4 is 0 Å². The van der Waals surface area contributed by atoms with Crippen molar-refractivity contribution in [2.24, 2.45) is 11.8 Å². The monoisotopic (exact) mass is 241 g/mol. The molecule has 1 saturated heterocycles. The van der Waals surface area contributed by atoms with E-state index in [4.69, 9.17) is 5.11 Å². The number of likely N-dealkylation sites (tertiary alicyclic amines) is 1. The van der Waals surface area contributed by atoms with Gasteiger partial charge < -0.3 is 15.1 Å². The average molecular weight is 241 g/mol. The molecule has 2 N–H and O–H groups in total. The molecule has 5 heteroatoms. The van der Waals surface area contributed by atoms with E-state index in [-0.39, 0.29) is 11.8 Å². The van der Waals surface area contributed by atoms with E-state index in [1.807, 2.05) is 0 Å². The fraction of sp³-hybridized carbons (Fsp3) is 0.833. The molecule has 3 atom stereocenters. The van der Waals surface area contributed by atoms with Crippen LogP contribution in [0.5, 0.6) is 0 Å². The van der Waals surface area contributed by atoms with Crippen LogP contribution in [0.15, 0.2) is 0 Å². The van der Waals surface area contributed by atoms with Crippen molar-refractivity contribution in [2.45, 2.75) is 38.2 Å². The Hall–Kier alpha value is -1.10. The zero-order valence-corrected chi connectivity index (χ0v) is 9.84. The molecular formula is C12H19NO4. The number of nitrogens with zero attached hydrogens (tertiary/aromatic N) is 1. The van der Waals surface area contributed by atoms with E-state index in [1.54, 1.807) is 4.90 Å². The van der Waals surface area contributed by atoms with Crippen molar-refractivity contribution in [3.8, 4) is 0 Å². The van der Waals surface area contributed by atoms with E-state index in [1.165, 1.54) is 0 Å². The molecule has 0 radical (unpaired) electrons. The smallest absolute Gasteiger partial charge is 0.307 e. The normalized spacial score (nSPS) is 33.7. The predicted octanol–water partition coefficient (Wildman–Crippen LogP) is 0.471. The Bertz CT molecular complexity index is 318. The number of β-amino-alcohol motifs (C(OH)–C–C–N with tert-alkyl or cyclic N) is 1. The minimum Gasteiger partial charge on any atom is -0.481 e. The van der Waals surface area contributed by atoms with Crippen molar-refractivity contribution in [2.75, 3.05) is 13.1 Å². The number of aliphatic carboxylic acids is 1. The van der Waals surface area contributed by atoms with Crippen molar-refractivity contribution in [3.63, 3.8) is 0 Å². The minimum absolute atomic E-state index is 0.0753. The first-order valence-corrected chi connectivity index (χ1v) is 6.29. The van der Waals surface area contributed by atoms with Crippen molar-refractivity contribution in [3.05, 3.63) is 0 Å². The Morgan fingerprint density at radius 3 is 2.24 bits per heavy atom. The molecule has 1 aliphatic heterocycles. The lowest BCUT2D eigenvalue weighted by molar-refractivity contribution is -0.152. The summed E-state index contributed by atoms with van der Waals surface area (Å²) in [5.74, 6) is -1.85. The van der Waals surface area contributed by atoms with Gasteiger partial charge in [-0.05, 0) is 19.3 Å². The Morgan fingerprint density at radius 2 is 1.71 bits per heavy atom. The van der Waals surface area contributed by atoms with Crippen LogP contribution in [0.25, 0.3) is 0 Å². The first-order chi connectivity index (χ1) is 8.09. The lowest BCUT2D eigenvalue weighted by Gasteiger charge is -2.30. The van der Waals surface area contributed by atoms with E-state index in [0.29, 0.717) is 32.4 Å². The third-order valence-corrected chi connectivity index (χ3v) is 3.88. The molecule has 0 aromatic carbocycles. The van der Waals surface area contributed by atoms with Gasteiger partial charge in [-0.3, -0.25) is 9.59 Å². The highest BCUT2D eigenvalue weighted by Gasteiger charge is 2.39. The van der Waals surface area contributed by atoms with E-state index < -0.39 is 18.0 Å². The first-order valence-electron chi connectivity index (χ1n) is 6.29. The lowest BCUT2D eigenvalue weighted by Crippen LogP contribution is -2.41. The van der Waals surface area contributed by atoms with Gasteiger partial charge in [0.1, 0.15) is 0 Å². The lowest BCUT2D eigenvalue weighted by atomic mass is 9.78. The molecule has 0 bridgehead atoms. The molecule has 1 saturated carbocycles. The van der Waals surface area contributed by atoms with Gasteiger partial charge in [0.15, 0.2) is 0 Å². The maximum absolute atomic E-state index is 12.2. The Labute approximate surface area is 100 Å². The van der Waals surface area contributed by atoms with Gasteiger partial charge in [-0.2, -0.15) is 0 Å². The standard InChI is InChI=1S/C12H19NO4/c14-8-5-6-13(7-8)11(15)9-3-1-2-4-10(9)12(16)17/h8-10,14H,1-7H2,(H,16,17)/t8-,9?,10?/m0/s1. The summed E-state index contributed by atoms with van der Waals surface area (Å²) in [4.78, 5) is 25.0. The maximum Gasteiger partial charge on any atom is 0.307 e. The topological polar surface area (TPSA) is 77.8 Å². The van der Waals surface area contributed by atoms with E-state index in [0.717, 1.165) is 12.8 Å². The molecule has 2 unspecified atom stereocenters. The van der Waals surface area contributed by atoms with Crippen LogP contribution in [0.3, 0.4) is 0 Å². The Balaban J connectivity index is 2.03. The predicted molar refractivity (Wildman–Crippen MR) is 60.3 cm³/mol. The summed E-state index contributed by atoms with van der Waals surface area (Å²) in [5, 5.41) is 18.5. The molecular weight excluding hydrogens is 222 g/mol. The highest BCUT2D eigenvalue weighted by Crippen LogP contribution is 2.32. The molecule has 2 fully saturated rings. The molecule has 96 valence electrons. The number of carboxylic acid groups (broad SMARTS) is 1. The van der Waals surface area contributed by atoms with Gasteiger partial charge in [0, 0.05) is 13.1 Å². The summed E-state index contributed by atoms with van der Waals surface area (Å²) in [6, 6.07) is 0. The van der Waals surface area contributed by atoms with Crippen LogP contribution in [0, 0.1) is 11.8 Å². The third kappa shape index (κ3) is 2.60. The summed E-state index contributed by atoms with van der Waals surface area (Å²) in [6.07, 6.45) is 3.26. The highest BCUT2D eigenvalue weighted by atomic mass is 16.4. The van der Waals surface area contributed by atoms with Crippen LogP contribution in [0.4, 0.5) is 0 Å². The second kappa shape index (κ2) is 5.04. The van der Waals surface area contributed by atoms with Gasteiger partial charge in [0.2, 0.25) is 5.91 Å². The molecule has 1 aliphatic carbocycles. The number of aliphatic hydroxyl groups excluding tert-OH is 1. The van der Waals surface area contributed by atoms with E-state index >= 15 is 0 Å². The zero-order chi connectivity index (χ0) is 12.4. The number of carbonyl (C=O) groups excluding carboxylic acids is 1. The van der Waals surface area contributed by atoms with Gasteiger partial charge in [-0.15, -0.1) is 0 Å². The Morgan fingerprint density at radius 1 is 1.06 bits per heavy atom. The molecule has 0 spiro atoms. The first kappa shape index (κ1) is 12.4. The molecule has 0 aromatic rings. The highest BCUT2D eigenvalue weighted by molar-refractivity contribution is 5.85. The summed E-state index contributed by atoms with van der Waals surface area (Å²) in [6.45, 7) is 0.921. The van der Waals surface area contributed by atoms with E-state index in [9.17, 15) is 14.7 Å². The van der Waals surface area contributed by atoms with Gasteiger partial charge >= 0.3 is 5.97 Å². The quantitative estimate of drug-likeness (QED) is 0.736. The molecule has 5 nitrogen and oxygen atoms in total. The second-order valence-corrected chi connectivity index (χ2v) is 5.06. The maximum atomic E-state index is 12.2. The van der Waals surface area contributed by atoms with Crippen molar-refractivity contribution < 1.29 is 19.8 Å². The summed E-state index contributed by atoms with van der Waals surface area (Å²) >= 11 is 0. The third-order valence-electron chi connectivity index (χ3n) is 3.88. The SMILES string of the molecule is O=C(O)C1CCCCC1C(=O)N1CC[C@H](O)C1. The molecule has 0 aromatic heterocycles. The molecule has 1 heterocycles. The minimum atomic E-state index is -0.859. The molecule has 1 amide bonds. The zero-order valence-electron chi connectivity index (χ0n) is 9.84. The molecule has 17 heavy (non-hydrogen) atoms. The number of carboxylic acids is 1. The second-order valence-electron chi connectivity index (χ2n) is 5.06. The van der Waals surface area contributed by atoms with Gasteiger partial charge in [0.05, 0.1) is 17.9 Å². The van der Waals surface area contributed by atoms with Gasteiger partial charge in [-0.1, -0.05) is 12.8 Å². The number of hydrogen-bond donors (Lipinski definition) is 2. The van der Waals surface area contributed by atoms with Crippen LogP contribution in [-0.2, 0) is 9.59 Å². The number of amides is 1. The van der Waals surface area contributed by atoms with Crippen LogP contribution in [0.1, 0.15) is 32.1 Å². The van der Waals surface area contributed by atoms with Crippen molar-refractivity contribution in [1.82, 2.24) is 4.90 Å². The van der Waals surface area contributed by atoms with Crippen LogP contribution in [0.2, 0.25) is 0 Å². The number of aliphatic hydroxyl groups is 1. The summed E-state index contributed by atoms with van der Waals surface area (Å²) in [5.41, 5.74) is 0. The number of carbonyl (C=O) groups is 2. The van der Waals surface area contributed by atoms with Gasteiger partial charge in [0.25, 0.3) is 0 Å². The average Bonchev–Trinajstić information content (AvgIpc) is 2.75. The molecule has 2 rings (SSSR count). The summed E-state index contributed by atoms with van der Waals surface area (Å²) < 4.78 is 0. The number of rotatable bonds is 2. The van der Waals surface area contributed by atoms with Crippen molar-refractivity contribution >= 4 is 11.9 Å². The van der Waals surface area contributed by atoms with E-state index in [2.05, 4.69) is 0 Å².